The lowest BCUT2D eigenvalue weighted by atomic mass is 10.2. The Labute approximate surface area is 149 Å². The minimum absolute atomic E-state index is 0.243. The van der Waals surface area contributed by atoms with E-state index in [2.05, 4.69) is 21.2 Å². The Kier molecular flexibility index (Phi) is 6.37. The highest BCUT2D eigenvalue weighted by atomic mass is 79.9. The molecular formula is C18H18BrNO4. The van der Waals surface area contributed by atoms with Crippen molar-refractivity contribution in [2.75, 3.05) is 11.9 Å². The molecule has 1 amide bonds. The number of amides is 1. The molecule has 0 spiro atoms. The number of hydrogen-bond acceptors (Lipinski definition) is 4. The summed E-state index contributed by atoms with van der Waals surface area (Å²) in [7, 11) is 0. The SMILES string of the molecule is CCCOc1ccc(Br)cc1C(=O)Oc1ccccc1NC(C)=O. The number of hydrogen-bond donors (Lipinski definition) is 1. The zero-order valence-corrected chi connectivity index (χ0v) is 15.1. The standard InChI is InChI=1S/C18H18BrNO4/c1-3-10-23-16-9-8-13(19)11-14(16)18(22)24-17-7-5-4-6-15(17)20-12(2)21/h4-9,11H,3,10H2,1-2H3,(H,20,21). The van der Waals surface area contributed by atoms with Crippen molar-refractivity contribution in [1.82, 2.24) is 0 Å². The lowest BCUT2D eigenvalue weighted by Gasteiger charge is -2.13. The largest absolute Gasteiger partial charge is 0.493 e. The van der Waals surface area contributed by atoms with Gasteiger partial charge in [-0.25, -0.2) is 4.79 Å². The molecule has 126 valence electrons. The molecule has 0 heterocycles. The maximum Gasteiger partial charge on any atom is 0.347 e. The van der Waals surface area contributed by atoms with Crippen molar-refractivity contribution in [2.24, 2.45) is 0 Å². The van der Waals surface area contributed by atoms with Crippen LogP contribution in [0.15, 0.2) is 46.9 Å². The van der Waals surface area contributed by atoms with Crippen LogP contribution in [0.1, 0.15) is 30.6 Å². The molecular weight excluding hydrogens is 374 g/mol. The van der Waals surface area contributed by atoms with Crippen molar-refractivity contribution >= 4 is 33.5 Å². The van der Waals surface area contributed by atoms with E-state index in [4.69, 9.17) is 9.47 Å². The molecule has 0 aromatic heterocycles. The van der Waals surface area contributed by atoms with Gasteiger partial charge in [-0.3, -0.25) is 4.79 Å². The second-order valence-electron chi connectivity index (χ2n) is 5.06. The fraction of sp³-hybridized carbons (Fsp3) is 0.222. The Morgan fingerprint density at radius 2 is 1.88 bits per heavy atom. The smallest absolute Gasteiger partial charge is 0.347 e. The minimum atomic E-state index is -0.555. The van der Waals surface area contributed by atoms with Gasteiger partial charge in [0.1, 0.15) is 11.3 Å². The zero-order valence-electron chi connectivity index (χ0n) is 13.5. The lowest BCUT2D eigenvalue weighted by molar-refractivity contribution is -0.114. The number of nitrogens with one attached hydrogen (secondary N) is 1. The molecule has 2 aromatic rings. The van der Waals surface area contributed by atoms with Gasteiger partial charge in [0.05, 0.1) is 12.3 Å². The van der Waals surface area contributed by atoms with Crippen LogP contribution in [0.25, 0.3) is 0 Å². The number of halogens is 1. The molecule has 2 rings (SSSR count). The Morgan fingerprint density at radius 1 is 1.12 bits per heavy atom. The summed E-state index contributed by atoms with van der Waals surface area (Å²) in [5, 5.41) is 2.63. The van der Waals surface area contributed by atoms with Crippen LogP contribution in [0.2, 0.25) is 0 Å². The second-order valence-corrected chi connectivity index (χ2v) is 5.97. The zero-order chi connectivity index (χ0) is 17.5. The number of para-hydroxylation sites is 2. The molecule has 1 N–H and O–H groups in total. The summed E-state index contributed by atoms with van der Waals surface area (Å²) in [6.45, 7) is 3.88. The molecule has 0 atom stereocenters. The van der Waals surface area contributed by atoms with Gasteiger partial charge in [-0.1, -0.05) is 35.0 Å². The predicted molar refractivity (Wildman–Crippen MR) is 95.6 cm³/mol. The van der Waals surface area contributed by atoms with E-state index in [-0.39, 0.29) is 11.7 Å². The number of carbonyl (C=O) groups excluding carboxylic acids is 2. The summed E-state index contributed by atoms with van der Waals surface area (Å²) in [6.07, 6.45) is 0.829. The molecule has 0 unspecified atom stereocenters. The molecule has 0 fully saturated rings. The van der Waals surface area contributed by atoms with E-state index in [1.807, 2.05) is 6.92 Å². The van der Waals surface area contributed by atoms with Crippen molar-refractivity contribution < 1.29 is 19.1 Å². The molecule has 0 saturated carbocycles. The summed E-state index contributed by atoms with van der Waals surface area (Å²) >= 11 is 3.35. The molecule has 6 heteroatoms. The molecule has 2 aromatic carbocycles. The predicted octanol–water partition coefficient (Wildman–Crippen LogP) is 4.42. The van der Waals surface area contributed by atoms with E-state index in [0.29, 0.717) is 23.6 Å². The van der Waals surface area contributed by atoms with Gasteiger partial charge in [-0.15, -0.1) is 0 Å². The number of ether oxygens (including phenoxy) is 2. The molecule has 0 aliphatic heterocycles. The van der Waals surface area contributed by atoms with Gasteiger partial charge in [0.15, 0.2) is 5.75 Å². The summed E-state index contributed by atoms with van der Waals surface area (Å²) in [5.41, 5.74) is 0.750. The molecule has 5 nitrogen and oxygen atoms in total. The summed E-state index contributed by atoms with van der Waals surface area (Å²) in [6, 6.07) is 11.9. The van der Waals surface area contributed by atoms with E-state index in [9.17, 15) is 9.59 Å². The highest BCUT2D eigenvalue weighted by Gasteiger charge is 2.17. The van der Waals surface area contributed by atoms with Crippen molar-refractivity contribution in [3.63, 3.8) is 0 Å². The van der Waals surface area contributed by atoms with Crippen molar-refractivity contribution in [2.45, 2.75) is 20.3 Å². The minimum Gasteiger partial charge on any atom is -0.493 e. The first kappa shape index (κ1) is 18.0. The van der Waals surface area contributed by atoms with Gasteiger partial charge in [-0.05, 0) is 36.8 Å². The van der Waals surface area contributed by atoms with Crippen LogP contribution in [-0.4, -0.2) is 18.5 Å². The van der Waals surface area contributed by atoms with Crippen molar-refractivity contribution in [3.05, 3.63) is 52.5 Å². The van der Waals surface area contributed by atoms with Crippen LogP contribution in [0.3, 0.4) is 0 Å². The highest BCUT2D eigenvalue weighted by molar-refractivity contribution is 9.10. The number of esters is 1. The molecule has 0 radical (unpaired) electrons. The van der Waals surface area contributed by atoms with Crippen LogP contribution < -0.4 is 14.8 Å². The average Bonchev–Trinajstić information content (AvgIpc) is 2.55. The van der Waals surface area contributed by atoms with E-state index < -0.39 is 5.97 Å². The lowest BCUT2D eigenvalue weighted by Crippen LogP contribution is -2.14. The van der Waals surface area contributed by atoms with Gasteiger partial charge >= 0.3 is 5.97 Å². The molecule has 0 aliphatic rings. The molecule has 0 aliphatic carbocycles. The van der Waals surface area contributed by atoms with E-state index >= 15 is 0 Å². The van der Waals surface area contributed by atoms with Gasteiger partial charge in [0.25, 0.3) is 0 Å². The third-order valence-electron chi connectivity index (χ3n) is 3.02. The van der Waals surface area contributed by atoms with Gasteiger partial charge in [0, 0.05) is 11.4 Å². The number of anilines is 1. The normalized spacial score (nSPS) is 10.1. The fourth-order valence-electron chi connectivity index (χ4n) is 2.00. The van der Waals surface area contributed by atoms with E-state index in [1.165, 1.54) is 6.92 Å². The topological polar surface area (TPSA) is 64.6 Å². The monoisotopic (exact) mass is 391 g/mol. The Bertz CT molecular complexity index is 746. The van der Waals surface area contributed by atoms with Crippen LogP contribution in [0.4, 0.5) is 5.69 Å². The van der Waals surface area contributed by atoms with Crippen LogP contribution in [0.5, 0.6) is 11.5 Å². The number of rotatable bonds is 6. The fourth-order valence-corrected chi connectivity index (χ4v) is 2.36. The first-order valence-electron chi connectivity index (χ1n) is 7.52. The van der Waals surface area contributed by atoms with Crippen molar-refractivity contribution in [1.29, 1.82) is 0 Å². The maximum absolute atomic E-state index is 12.6. The second kappa shape index (κ2) is 8.49. The van der Waals surface area contributed by atoms with E-state index in [1.54, 1.807) is 42.5 Å². The summed E-state index contributed by atoms with van der Waals surface area (Å²) < 4.78 is 11.8. The Hall–Kier alpha value is -2.34. The van der Waals surface area contributed by atoms with Crippen LogP contribution >= 0.6 is 15.9 Å². The Balaban J connectivity index is 2.27. The van der Waals surface area contributed by atoms with Crippen LogP contribution in [0, 0.1) is 0 Å². The molecule has 0 saturated heterocycles. The van der Waals surface area contributed by atoms with E-state index in [0.717, 1.165) is 10.9 Å². The highest BCUT2D eigenvalue weighted by Crippen LogP contribution is 2.28. The Morgan fingerprint density at radius 3 is 2.58 bits per heavy atom. The summed E-state index contributed by atoms with van der Waals surface area (Å²) in [4.78, 5) is 23.8. The first-order chi connectivity index (χ1) is 11.5. The average molecular weight is 392 g/mol. The molecule has 0 bridgehead atoms. The number of benzene rings is 2. The maximum atomic E-state index is 12.6. The van der Waals surface area contributed by atoms with Crippen LogP contribution in [-0.2, 0) is 4.79 Å². The number of carbonyl (C=O) groups is 2. The third kappa shape index (κ3) is 4.83. The third-order valence-corrected chi connectivity index (χ3v) is 3.52. The molecule has 24 heavy (non-hydrogen) atoms. The van der Waals surface area contributed by atoms with Gasteiger partial charge < -0.3 is 14.8 Å². The first-order valence-corrected chi connectivity index (χ1v) is 8.31. The van der Waals surface area contributed by atoms with Gasteiger partial charge in [0.2, 0.25) is 5.91 Å². The van der Waals surface area contributed by atoms with Gasteiger partial charge in [-0.2, -0.15) is 0 Å². The summed E-state index contributed by atoms with van der Waals surface area (Å²) in [5.74, 6) is -0.0608. The van der Waals surface area contributed by atoms with Crippen molar-refractivity contribution in [3.8, 4) is 11.5 Å². The quantitative estimate of drug-likeness (QED) is 0.584.